The highest BCUT2D eigenvalue weighted by Gasteiger charge is 2.36. The molecule has 0 bridgehead atoms. The minimum Gasteiger partial charge on any atom is -0.355 e. The molecule has 8 heteroatoms. The van der Waals surface area contributed by atoms with Crippen LogP contribution in [0.1, 0.15) is 36.5 Å². The zero-order valence-electron chi connectivity index (χ0n) is 23.4. The van der Waals surface area contributed by atoms with Gasteiger partial charge in [-0.15, -0.1) is 0 Å². The molecule has 4 aromatic carbocycles. The fraction of sp³-hybridized carbons (Fsp3) is 0.273. The maximum atomic E-state index is 13.9. The fourth-order valence-corrected chi connectivity index (χ4v) is 7.32. The van der Waals surface area contributed by atoms with E-state index in [-0.39, 0.29) is 31.3 Å². The molecule has 4 aromatic rings. The number of nitrogens with one attached hydrogen (secondary N) is 1. The van der Waals surface area contributed by atoms with Crippen LogP contribution in [0.4, 0.5) is 5.69 Å². The summed E-state index contributed by atoms with van der Waals surface area (Å²) in [5, 5.41) is 4.51. The molecule has 1 heterocycles. The normalized spacial score (nSPS) is 14.1. The Hall–Kier alpha value is -4.17. The average Bonchev–Trinajstić information content (AvgIpc) is 3.18. The molecular weight excluding hydrogens is 534 g/mol. The molecule has 212 valence electrons. The third kappa shape index (κ3) is 5.98. The summed E-state index contributed by atoms with van der Waals surface area (Å²) < 4.78 is 28.2. The highest BCUT2D eigenvalue weighted by Crippen LogP contribution is 2.42. The monoisotopic (exact) mass is 569 g/mol. The predicted molar refractivity (Wildman–Crippen MR) is 162 cm³/mol. The first-order valence-corrected chi connectivity index (χ1v) is 15.4. The van der Waals surface area contributed by atoms with Crippen molar-refractivity contribution >= 4 is 38.3 Å². The van der Waals surface area contributed by atoms with Crippen molar-refractivity contribution in [1.82, 2.24) is 10.2 Å². The largest absolute Gasteiger partial charge is 0.355 e. The van der Waals surface area contributed by atoms with Crippen LogP contribution in [0.2, 0.25) is 0 Å². The van der Waals surface area contributed by atoms with E-state index in [2.05, 4.69) is 5.32 Å². The summed E-state index contributed by atoms with van der Waals surface area (Å²) in [6, 6.07) is 27.8. The van der Waals surface area contributed by atoms with Gasteiger partial charge in [0.25, 0.3) is 10.0 Å². The highest BCUT2D eigenvalue weighted by molar-refractivity contribution is 7.93. The molecule has 0 fully saturated rings. The summed E-state index contributed by atoms with van der Waals surface area (Å²) in [6.45, 7) is 4.76. The quantitative estimate of drug-likeness (QED) is 0.269. The van der Waals surface area contributed by atoms with Gasteiger partial charge in [-0.1, -0.05) is 84.4 Å². The van der Waals surface area contributed by atoms with Crippen LogP contribution in [-0.2, 0) is 32.6 Å². The first kappa shape index (κ1) is 28.4. The summed E-state index contributed by atoms with van der Waals surface area (Å²) in [4.78, 5) is 29.2. The van der Waals surface area contributed by atoms with Crippen molar-refractivity contribution in [2.24, 2.45) is 0 Å². The molecule has 1 aliphatic rings. The number of hydrogen-bond donors (Lipinski definition) is 1. The number of anilines is 1. The molecule has 0 spiro atoms. The number of hydrogen-bond acceptors (Lipinski definition) is 4. The van der Waals surface area contributed by atoms with Gasteiger partial charge in [-0.25, -0.2) is 8.42 Å². The van der Waals surface area contributed by atoms with Crippen LogP contribution in [0.3, 0.4) is 0 Å². The average molecular weight is 570 g/mol. The van der Waals surface area contributed by atoms with Gasteiger partial charge in [0.15, 0.2) is 0 Å². The predicted octanol–water partition coefficient (Wildman–Crippen LogP) is 5.21. The minimum atomic E-state index is -3.70. The number of likely N-dealkylation sites (N-methyl/N-ethyl adjacent to an activating group) is 1. The van der Waals surface area contributed by atoms with Gasteiger partial charge in [0.2, 0.25) is 11.8 Å². The number of aryl methyl sites for hydroxylation is 1. The maximum absolute atomic E-state index is 13.9. The molecular formula is C33H35N3O4S. The summed E-state index contributed by atoms with van der Waals surface area (Å²) >= 11 is 0. The Labute approximate surface area is 241 Å². The highest BCUT2D eigenvalue weighted by atomic mass is 32.2. The van der Waals surface area contributed by atoms with Crippen molar-refractivity contribution in [3.63, 3.8) is 0 Å². The van der Waals surface area contributed by atoms with Crippen LogP contribution in [0, 0.1) is 6.92 Å². The van der Waals surface area contributed by atoms with Gasteiger partial charge >= 0.3 is 0 Å². The van der Waals surface area contributed by atoms with Crippen LogP contribution >= 0.6 is 0 Å². The summed E-state index contributed by atoms with van der Waals surface area (Å²) in [6.07, 6.45) is 0.803. The van der Waals surface area contributed by atoms with E-state index in [0.29, 0.717) is 30.0 Å². The van der Waals surface area contributed by atoms with E-state index < -0.39 is 16.1 Å². The van der Waals surface area contributed by atoms with Gasteiger partial charge in [-0.3, -0.25) is 13.9 Å². The number of amides is 2. The van der Waals surface area contributed by atoms with Crippen molar-refractivity contribution in [2.75, 3.05) is 17.4 Å². The van der Waals surface area contributed by atoms with Crippen molar-refractivity contribution in [1.29, 1.82) is 0 Å². The van der Waals surface area contributed by atoms with Crippen LogP contribution < -0.4 is 9.62 Å². The Morgan fingerprint density at radius 1 is 0.902 bits per heavy atom. The van der Waals surface area contributed by atoms with Gasteiger partial charge in [0.05, 0.1) is 10.6 Å². The maximum Gasteiger partial charge on any atom is 0.265 e. The van der Waals surface area contributed by atoms with Crippen molar-refractivity contribution in [3.8, 4) is 0 Å². The van der Waals surface area contributed by atoms with Crippen molar-refractivity contribution < 1.29 is 18.0 Å². The van der Waals surface area contributed by atoms with E-state index in [4.69, 9.17) is 0 Å². The van der Waals surface area contributed by atoms with Gasteiger partial charge in [0, 0.05) is 37.9 Å². The summed E-state index contributed by atoms with van der Waals surface area (Å²) in [7, 11) is -3.70. The second-order valence-corrected chi connectivity index (χ2v) is 12.3. The lowest BCUT2D eigenvalue weighted by molar-refractivity contribution is -0.141. The number of benzene rings is 4. The van der Waals surface area contributed by atoms with Gasteiger partial charge < -0.3 is 10.2 Å². The Morgan fingerprint density at radius 2 is 1.61 bits per heavy atom. The summed E-state index contributed by atoms with van der Waals surface area (Å²) in [5.41, 5.74) is 3.61. The molecule has 1 N–H and O–H groups in total. The Balaban J connectivity index is 1.39. The third-order valence-corrected chi connectivity index (χ3v) is 9.35. The first-order valence-electron chi connectivity index (χ1n) is 14.0. The molecule has 2 amide bonds. The van der Waals surface area contributed by atoms with E-state index in [1.54, 1.807) is 17.0 Å². The molecule has 0 saturated carbocycles. The molecule has 0 radical (unpaired) electrons. The number of sulfonamides is 1. The van der Waals surface area contributed by atoms with Crippen molar-refractivity contribution in [2.45, 2.75) is 50.6 Å². The van der Waals surface area contributed by atoms with Crippen LogP contribution in [0.15, 0.2) is 95.9 Å². The SMILES string of the molecule is CCNC(=O)C(Cc1ccccc1)N(Cc1cccc(C)c1)C(=O)CCCN1c2cccc3cccc(c23)S1(=O)=O. The lowest BCUT2D eigenvalue weighted by Gasteiger charge is -2.32. The van der Waals surface area contributed by atoms with E-state index in [0.717, 1.165) is 27.5 Å². The van der Waals surface area contributed by atoms with E-state index in [9.17, 15) is 18.0 Å². The van der Waals surface area contributed by atoms with E-state index in [1.807, 2.05) is 92.7 Å². The second-order valence-electron chi connectivity index (χ2n) is 10.4. The number of nitrogens with zero attached hydrogens (tertiary/aromatic N) is 2. The fourth-order valence-electron chi connectivity index (χ4n) is 5.57. The number of carbonyl (C=O) groups excluding carboxylic acids is 2. The van der Waals surface area contributed by atoms with Gasteiger partial charge in [-0.2, -0.15) is 0 Å². The smallest absolute Gasteiger partial charge is 0.265 e. The molecule has 1 unspecified atom stereocenters. The molecule has 0 aliphatic carbocycles. The molecule has 1 aliphatic heterocycles. The summed E-state index contributed by atoms with van der Waals surface area (Å²) in [5.74, 6) is -0.396. The van der Waals surface area contributed by atoms with E-state index >= 15 is 0 Å². The van der Waals surface area contributed by atoms with Gasteiger partial charge in [-0.05, 0) is 48.9 Å². The Kier molecular flexibility index (Phi) is 8.40. The molecule has 0 saturated heterocycles. The number of rotatable bonds is 11. The van der Waals surface area contributed by atoms with Crippen LogP contribution in [-0.4, -0.2) is 44.3 Å². The molecule has 7 nitrogen and oxygen atoms in total. The first-order chi connectivity index (χ1) is 19.8. The van der Waals surface area contributed by atoms with Crippen LogP contribution in [0.5, 0.6) is 0 Å². The lowest BCUT2D eigenvalue weighted by atomic mass is 10.0. The Bertz CT molecular complexity index is 1670. The zero-order valence-corrected chi connectivity index (χ0v) is 24.2. The molecule has 5 rings (SSSR count). The van der Waals surface area contributed by atoms with E-state index in [1.165, 1.54) is 4.31 Å². The third-order valence-electron chi connectivity index (χ3n) is 7.49. The topological polar surface area (TPSA) is 86.8 Å². The molecule has 41 heavy (non-hydrogen) atoms. The van der Waals surface area contributed by atoms with Gasteiger partial charge in [0.1, 0.15) is 6.04 Å². The molecule has 0 aromatic heterocycles. The lowest BCUT2D eigenvalue weighted by Crippen LogP contribution is -2.50. The second kappa shape index (κ2) is 12.1. The Morgan fingerprint density at radius 3 is 2.34 bits per heavy atom. The molecule has 1 atom stereocenters. The standard InChI is InChI=1S/C33H35N3O4S/c1-3-34-33(38)29(22-25-12-5-4-6-13-25)35(23-26-14-7-11-24(2)21-26)31(37)19-10-20-36-28-17-8-15-27-16-9-18-30(32(27)28)41(36,39)40/h4-9,11-18,21,29H,3,10,19-20,22-23H2,1-2H3,(H,34,38). The van der Waals surface area contributed by atoms with Crippen molar-refractivity contribution in [3.05, 3.63) is 108 Å². The van der Waals surface area contributed by atoms with Crippen LogP contribution in [0.25, 0.3) is 10.8 Å². The number of carbonyl (C=O) groups is 2. The zero-order chi connectivity index (χ0) is 29.0. The minimum absolute atomic E-state index is 0.106.